The zero-order valence-corrected chi connectivity index (χ0v) is 45.2. The van der Waals surface area contributed by atoms with Crippen LogP contribution in [-0.4, -0.2) is 140 Å². The number of carbonyl (C=O) groups is 1. The molecule has 14 nitrogen and oxygen atoms in total. The van der Waals surface area contributed by atoms with Gasteiger partial charge in [-0.1, -0.05) is 245 Å². The van der Waals surface area contributed by atoms with E-state index in [1.807, 2.05) is 0 Å². The number of aliphatic hydroxyl groups excluding tert-OH is 8. The predicted octanol–water partition coefficient (Wildman–Crippen LogP) is 9.73. The second kappa shape index (κ2) is 44.2. The van der Waals surface area contributed by atoms with E-state index in [2.05, 4.69) is 19.2 Å². The summed E-state index contributed by atoms with van der Waals surface area (Å²) in [5.41, 5.74) is 0. The van der Waals surface area contributed by atoms with Crippen molar-refractivity contribution in [2.45, 2.75) is 338 Å². The highest BCUT2D eigenvalue weighted by molar-refractivity contribution is 5.76. The lowest BCUT2D eigenvalue weighted by atomic mass is 9.97. The molecule has 12 unspecified atom stereocenters. The summed E-state index contributed by atoms with van der Waals surface area (Å²) in [5.74, 6) is -0.213. The van der Waals surface area contributed by atoms with Crippen LogP contribution in [0.3, 0.4) is 0 Å². The van der Waals surface area contributed by atoms with Gasteiger partial charge in [0.15, 0.2) is 12.6 Å². The number of unbranched alkanes of at least 4 members (excludes halogenated alkanes) is 35. The van der Waals surface area contributed by atoms with Crippen LogP contribution in [0.4, 0.5) is 0 Å². The smallest absolute Gasteiger partial charge is 0.220 e. The molecule has 0 spiro atoms. The Morgan fingerprint density at radius 2 is 0.803 bits per heavy atom. The lowest BCUT2D eigenvalue weighted by molar-refractivity contribution is -0.359. The van der Waals surface area contributed by atoms with Gasteiger partial charge < -0.3 is 65.1 Å². The lowest BCUT2D eigenvalue weighted by Gasteiger charge is -2.46. The van der Waals surface area contributed by atoms with E-state index in [9.17, 15) is 45.6 Å². The minimum absolute atomic E-state index is 0.213. The molecule has 0 aromatic rings. The molecule has 2 rings (SSSR count). The van der Waals surface area contributed by atoms with Gasteiger partial charge in [0.25, 0.3) is 0 Å². The van der Waals surface area contributed by atoms with Crippen molar-refractivity contribution in [1.29, 1.82) is 0 Å². The van der Waals surface area contributed by atoms with Crippen LogP contribution >= 0.6 is 0 Å². The Morgan fingerprint density at radius 3 is 1.20 bits per heavy atom. The summed E-state index contributed by atoms with van der Waals surface area (Å²) in [6, 6.07) is -0.818. The molecule has 0 saturated carbocycles. The highest BCUT2D eigenvalue weighted by atomic mass is 16.7. The fraction of sp³-hybridized carbons (Fsp3) is 0.982. The molecule has 0 bridgehead atoms. The van der Waals surface area contributed by atoms with Gasteiger partial charge in [0.1, 0.15) is 48.8 Å². The lowest BCUT2D eigenvalue weighted by Crippen LogP contribution is -2.65. The fourth-order valence-corrected chi connectivity index (χ4v) is 10.2. The molecular weight excluding hydrogens is 907 g/mol. The SMILES string of the molecule is CCCCCCCCCCCCCCCCCCCCCCCCCCCCCCCCCCCCC(=O)NC(COC1OC(CO)C(OC2OC(CO)C(O)C(O)C2O)C(O)C1O)C(O)CCCCC. The van der Waals surface area contributed by atoms with Gasteiger partial charge in [-0.05, 0) is 12.8 Å². The Bertz CT molecular complexity index is 1200. The first-order chi connectivity index (χ1) is 34.6. The van der Waals surface area contributed by atoms with E-state index in [4.69, 9.17) is 18.9 Å². The monoisotopic (exact) mass is 1020 g/mol. The highest BCUT2D eigenvalue weighted by Crippen LogP contribution is 2.30. The average molecular weight is 1020 g/mol. The minimum Gasteiger partial charge on any atom is -0.394 e. The van der Waals surface area contributed by atoms with Crippen LogP contribution in [-0.2, 0) is 23.7 Å². The number of hydrogen-bond acceptors (Lipinski definition) is 13. The van der Waals surface area contributed by atoms with Crippen molar-refractivity contribution in [3.63, 3.8) is 0 Å². The molecule has 0 aromatic carbocycles. The maximum Gasteiger partial charge on any atom is 0.220 e. The van der Waals surface area contributed by atoms with E-state index in [1.54, 1.807) is 0 Å². The first-order valence-corrected chi connectivity index (χ1v) is 29.8. The number of ether oxygens (including phenoxy) is 4. The normalized spacial score (nSPS) is 25.7. The van der Waals surface area contributed by atoms with Gasteiger partial charge in [-0.25, -0.2) is 0 Å². The summed E-state index contributed by atoms with van der Waals surface area (Å²) in [6.07, 6.45) is 32.7. The zero-order chi connectivity index (χ0) is 51.7. The topological polar surface area (TPSA) is 228 Å². The Kier molecular flexibility index (Phi) is 41.1. The van der Waals surface area contributed by atoms with Gasteiger partial charge in [-0.3, -0.25) is 4.79 Å². The number of carbonyl (C=O) groups excluding carboxylic acids is 1. The number of rotatable bonds is 48. The summed E-state index contributed by atoms with van der Waals surface area (Å²) < 4.78 is 22.6. The Hall–Kier alpha value is -1.01. The van der Waals surface area contributed by atoms with E-state index in [1.165, 1.54) is 193 Å². The number of nitrogens with one attached hydrogen (secondary N) is 1. The van der Waals surface area contributed by atoms with Gasteiger partial charge in [-0.15, -0.1) is 0 Å². The van der Waals surface area contributed by atoms with Crippen LogP contribution < -0.4 is 5.32 Å². The van der Waals surface area contributed by atoms with Crippen LogP contribution in [0.15, 0.2) is 0 Å². The molecule has 0 radical (unpaired) electrons. The van der Waals surface area contributed by atoms with Gasteiger partial charge in [-0.2, -0.15) is 0 Å². The summed E-state index contributed by atoms with van der Waals surface area (Å²) >= 11 is 0. The van der Waals surface area contributed by atoms with E-state index < -0.39 is 86.8 Å². The van der Waals surface area contributed by atoms with Crippen molar-refractivity contribution in [1.82, 2.24) is 5.32 Å². The molecule has 2 fully saturated rings. The summed E-state index contributed by atoms with van der Waals surface area (Å²) in [6.45, 7) is 2.70. The van der Waals surface area contributed by atoms with E-state index >= 15 is 0 Å². The van der Waals surface area contributed by atoms with Crippen molar-refractivity contribution in [3.8, 4) is 0 Å². The standard InChI is InChI=1S/C57H111NO13/c1-3-5-7-8-9-10-11-12-13-14-15-16-17-18-19-20-21-22-23-24-25-26-27-28-29-30-31-32-33-34-35-36-37-39-41-49(62)58-45(46(61)40-38-6-4-2)44-68-56-54(67)52(65)55(48(43-60)70-56)71-57-53(66)51(64)50(63)47(42-59)69-57/h45-48,50-57,59-61,63-67H,3-44H2,1-2H3,(H,58,62). The Balaban J connectivity index is 1.46. The van der Waals surface area contributed by atoms with Gasteiger partial charge >= 0.3 is 0 Å². The molecule has 422 valence electrons. The van der Waals surface area contributed by atoms with Crippen molar-refractivity contribution in [3.05, 3.63) is 0 Å². The molecule has 2 aliphatic rings. The maximum absolute atomic E-state index is 13.0. The number of amides is 1. The minimum atomic E-state index is -1.78. The zero-order valence-electron chi connectivity index (χ0n) is 45.2. The average Bonchev–Trinajstić information content (AvgIpc) is 3.37. The van der Waals surface area contributed by atoms with Gasteiger partial charge in [0.2, 0.25) is 5.91 Å². The first-order valence-electron chi connectivity index (χ1n) is 29.8. The number of aliphatic hydroxyl groups is 8. The van der Waals surface area contributed by atoms with Crippen molar-refractivity contribution in [2.75, 3.05) is 19.8 Å². The summed E-state index contributed by atoms with van der Waals surface area (Å²) in [4.78, 5) is 13.0. The molecule has 14 heteroatoms. The third kappa shape index (κ3) is 30.4. The maximum atomic E-state index is 13.0. The van der Waals surface area contributed by atoms with Crippen molar-refractivity contribution in [2.24, 2.45) is 0 Å². The third-order valence-corrected chi connectivity index (χ3v) is 15.1. The summed E-state index contributed by atoms with van der Waals surface area (Å²) in [5, 5.41) is 86.2. The molecule has 0 aliphatic carbocycles. The van der Waals surface area contributed by atoms with Gasteiger partial charge in [0.05, 0.1) is 32.0 Å². The molecule has 1 amide bonds. The Labute approximate surface area is 432 Å². The molecule has 71 heavy (non-hydrogen) atoms. The predicted molar refractivity (Wildman–Crippen MR) is 282 cm³/mol. The molecule has 2 aliphatic heterocycles. The Morgan fingerprint density at radius 1 is 0.451 bits per heavy atom. The van der Waals surface area contributed by atoms with Gasteiger partial charge in [0, 0.05) is 6.42 Å². The quantitative estimate of drug-likeness (QED) is 0.0259. The molecule has 2 heterocycles. The van der Waals surface area contributed by atoms with E-state index in [-0.39, 0.29) is 12.5 Å². The summed E-state index contributed by atoms with van der Waals surface area (Å²) in [7, 11) is 0. The molecule has 0 aromatic heterocycles. The molecule has 9 N–H and O–H groups in total. The fourth-order valence-electron chi connectivity index (χ4n) is 10.2. The first kappa shape index (κ1) is 66.1. The molecule has 12 atom stereocenters. The molecular formula is C57H111NO13. The van der Waals surface area contributed by atoms with E-state index in [0.29, 0.717) is 12.8 Å². The largest absolute Gasteiger partial charge is 0.394 e. The second-order valence-corrected chi connectivity index (χ2v) is 21.5. The second-order valence-electron chi connectivity index (χ2n) is 21.5. The number of hydrogen-bond donors (Lipinski definition) is 9. The van der Waals surface area contributed by atoms with Crippen LogP contribution in [0.5, 0.6) is 0 Å². The molecule has 2 saturated heterocycles. The third-order valence-electron chi connectivity index (χ3n) is 15.1. The van der Waals surface area contributed by atoms with E-state index in [0.717, 1.165) is 44.9 Å². The van der Waals surface area contributed by atoms with Crippen molar-refractivity contribution < 1.29 is 64.6 Å². The van der Waals surface area contributed by atoms with Crippen LogP contribution in [0.25, 0.3) is 0 Å². The van der Waals surface area contributed by atoms with Crippen molar-refractivity contribution >= 4 is 5.91 Å². The van der Waals surface area contributed by atoms with Crippen LogP contribution in [0.1, 0.15) is 264 Å². The van der Waals surface area contributed by atoms with Crippen LogP contribution in [0, 0.1) is 0 Å². The highest BCUT2D eigenvalue weighted by Gasteiger charge is 2.51. The van der Waals surface area contributed by atoms with Crippen LogP contribution in [0.2, 0.25) is 0 Å².